The van der Waals surface area contributed by atoms with Crippen LogP contribution in [0.15, 0.2) is 0 Å². The van der Waals surface area contributed by atoms with Gasteiger partial charge in [0.25, 0.3) is 0 Å². The van der Waals surface area contributed by atoms with Gasteiger partial charge in [-0.25, -0.2) is 4.98 Å². The van der Waals surface area contributed by atoms with E-state index < -0.39 is 0 Å². The van der Waals surface area contributed by atoms with Crippen molar-refractivity contribution in [1.29, 1.82) is 0 Å². The molecule has 0 aliphatic carbocycles. The van der Waals surface area contributed by atoms with E-state index in [1.165, 1.54) is 11.5 Å². The smallest absolute Gasteiger partial charge is 0.205 e. The lowest BCUT2D eigenvalue weighted by Crippen LogP contribution is -2.49. The zero-order chi connectivity index (χ0) is 9.26. The molecule has 4 nitrogen and oxygen atoms in total. The predicted octanol–water partition coefficient (Wildman–Crippen LogP) is 0.645. The van der Waals surface area contributed by atoms with Gasteiger partial charge in [-0.15, -0.1) is 0 Å². The van der Waals surface area contributed by atoms with Crippen LogP contribution in [0.25, 0.3) is 0 Å². The number of anilines is 1. The second-order valence-corrected chi connectivity index (χ2v) is 4.10. The van der Waals surface area contributed by atoms with Gasteiger partial charge in [-0.1, -0.05) is 0 Å². The molecule has 1 fully saturated rings. The van der Waals surface area contributed by atoms with E-state index in [9.17, 15) is 0 Å². The zero-order valence-corrected chi connectivity index (χ0v) is 8.77. The molecule has 5 heteroatoms. The third-order valence-corrected chi connectivity index (χ3v) is 3.11. The Hall–Kier alpha value is -0.680. The van der Waals surface area contributed by atoms with E-state index in [0.717, 1.165) is 30.6 Å². The molecule has 72 valence electrons. The minimum atomic E-state index is 0.529. The topological polar surface area (TPSA) is 41.1 Å². The summed E-state index contributed by atoms with van der Waals surface area (Å²) in [6, 6.07) is 0.529. The standard InChI is InChI=1S/C8H14N4S/c1-6-5-9-3-4-12(6)8-10-7(2)11-13-8/h6,9H,3-5H2,1-2H3. The fourth-order valence-electron chi connectivity index (χ4n) is 1.53. The van der Waals surface area contributed by atoms with Crippen molar-refractivity contribution in [3.05, 3.63) is 5.82 Å². The molecule has 1 saturated heterocycles. The first-order valence-corrected chi connectivity index (χ1v) is 5.32. The molecule has 1 N–H and O–H groups in total. The van der Waals surface area contributed by atoms with Crippen LogP contribution in [0.5, 0.6) is 0 Å². The minimum Gasteiger partial charge on any atom is -0.342 e. The first-order valence-electron chi connectivity index (χ1n) is 4.55. The van der Waals surface area contributed by atoms with Gasteiger partial charge in [0.15, 0.2) is 0 Å². The first-order chi connectivity index (χ1) is 6.27. The Morgan fingerprint density at radius 2 is 2.46 bits per heavy atom. The fourth-order valence-corrected chi connectivity index (χ4v) is 2.33. The van der Waals surface area contributed by atoms with Gasteiger partial charge < -0.3 is 10.2 Å². The lowest BCUT2D eigenvalue weighted by molar-refractivity contribution is 0.500. The Morgan fingerprint density at radius 3 is 3.08 bits per heavy atom. The Balaban J connectivity index is 2.14. The second-order valence-electron chi connectivity index (χ2n) is 3.37. The van der Waals surface area contributed by atoms with E-state index >= 15 is 0 Å². The quantitative estimate of drug-likeness (QED) is 0.719. The van der Waals surface area contributed by atoms with Crippen molar-refractivity contribution >= 4 is 16.7 Å². The molecule has 13 heavy (non-hydrogen) atoms. The lowest BCUT2D eigenvalue weighted by atomic mass is 10.2. The maximum atomic E-state index is 4.39. The molecule has 1 atom stereocenters. The van der Waals surface area contributed by atoms with Crippen LogP contribution in [-0.4, -0.2) is 35.0 Å². The molecule has 0 radical (unpaired) electrons. The summed E-state index contributed by atoms with van der Waals surface area (Å²) in [6.07, 6.45) is 0. The summed E-state index contributed by atoms with van der Waals surface area (Å²) in [5.41, 5.74) is 0. The molecule has 1 aromatic heterocycles. The van der Waals surface area contributed by atoms with Crippen LogP contribution in [0.2, 0.25) is 0 Å². The highest BCUT2D eigenvalue weighted by Gasteiger charge is 2.20. The highest BCUT2D eigenvalue weighted by molar-refractivity contribution is 7.09. The summed E-state index contributed by atoms with van der Waals surface area (Å²) in [5, 5.41) is 4.42. The number of rotatable bonds is 1. The molecule has 0 aromatic carbocycles. The predicted molar refractivity (Wildman–Crippen MR) is 54.3 cm³/mol. The Labute approximate surface area is 82.1 Å². The SMILES string of the molecule is Cc1nsc(N2CCNCC2C)n1. The van der Waals surface area contributed by atoms with Gasteiger partial charge in [0.2, 0.25) is 5.13 Å². The second kappa shape index (κ2) is 3.59. The molecule has 2 heterocycles. The maximum Gasteiger partial charge on any atom is 0.205 e. The van der Waals surface area contributed by atoms with Crippen molar-refractivity contribution in [2.75, 3.05) is 24.5 Å². The average Bonchev–Trinajstić information content (AvgIpc) is 2.53. The van der Waals surface area contributed by atoms with Crippen molar-refractivity contribution in [3.8, 4) is 0 Å². The molecule has 1 unspecified atom stereocenters. The van der Waals surface area contributed by atoms with Crippen molar-refractivity contribution in [3.63, 3.8) is 0 Å². The van der Waals surface area contributed by atoms with Crippen molar-refractivity contribution in [2.24, 2.45) is 0 Å². The monoisotopic (exact) mass is 198 g/mol. The van der Waals surface area contributed by atoms with E-state index in [1.54, 1.807) is 0 Å². The van der Waals surface area contributed by atoms with E-state index in [2.05, 4.69) is 26.5 Å². The van der Waals surface area contributed by atoms with Crippen LogP contribution in [0.3, 0.4) is 0 Å². The molecule has 0 spiro atoms. The molecule has 2 rings (SSSR count). The number of aromatic nitrogens is 2. The third-order valence-electron chi connectivity index (χ3n) is 2.26. The van der Waals surface area contributed by atoms with Crippen molar-refractivity contribution in [2.45, 2.75) is 19.9 Å². The van der Waals surface area contributed by atoms with Gasteiger partial charge in [0, 0.05) is 37.2 Å². The van der Waals surface area contributed by atoms with E-state index in [1.807, 2.05) is 6.92 Å². The van der Waals surface area contributed by atoms with E-state index in [4.69, 9.17) is 0 Å². The Bertz CT molecular complexity index is 285. The van der Waals surface area contributed by atoms with Gasteiger partial charge >= 0.3 is 0 Å². The molecule has 0 bridgehead atoms. The van der Waals surface area contributed by atoms with Crippen LogP contribution < -0.4 is 10.2 Å². The number of aryl methyl sites for hydroxylation is 1. The summed E-state index contributed by atoms with van der Waals surface area (Å²) in [6.45, 7) is 7.27. The molecule has 1 aliphatic rings. The van der Waals surface area contributed by atoms with Crippen molar-refractivity contribution in [1.82, 2.24) is 14.7 Å². The molecular weight excluding hydrogens is 184 g/mol. The normalized spacial score (nSPS) is 23.5. The molecule has 1 aromatic rings. The average molecular weight is 198 g/mol. The summed E-state index contributed by atoms with van der Waals surface area (Å²) in [5.74, 6) is 0.880. The van der Waals surface area contributed by atoms with Crippen LogP contribution >= 0.6 is 11.5 Å². The number of hydrogen-bond acceptors (Lipinski definition) is 5. The van der Waals surface area contributed by atoms with Crippen LogP contribution in [0.1, 0.15) is 12.7 Å². The molecular formula is C8H14N4S. The van der Waals surface area contributed by atoms with Crippen LogP contribution in [-0.2, 0) is 0 Å². The molecule has 0 saturated carbocycles. The third kappa shape index (κ3) is 1.81. The number of hydrogen-bond donors (Lipinski definition) is 1. The minimum absolute atomic E-state index is 0.529. The van der Waals surface area contributed by atoms with Crippen molar-refractivity contribution < 1.29 is 0 Å². The largest absolute Gasteiger partial charge is 0.342 e. The van der Waals surface area contributed by atoms with Gasteiger partial charge in [0.05, 0.1) is 0 Å². The Morgan fingerprint density at radius 1 is 1.62 bits per heavy atom. The number of piperazine rings is 1. The lowest BCUT2D eigenvalue weighted by Gasteiger charge is -2.33. The van der Waals surface area contributed by atoms with Gasteiger partial charge in [-0.05, 0) is 13.8 Å². The van der Waals surface area contributed by atoms with Crippen LogP contribution in [0.4, 0.5) is 5.13 Å². The summed E-state index contributed by atoms with van der Waals surface area (Å²) >= 11 is 1.50. The zero-order valence-electron chi connectivity index (χ0n) is 7.95. The van der Waals surface area contributed by atoms with Gasteiger partial charge in [-0.2, -0.15) is 4.37 Å². The highest BCUT2D eigenvalue weighted by atomic mass is 32.1. The van der Waals surface area contributed by atoms with E-state index in [-0.39, 0.29) is 0 Å². The highest BCUT2D eigenvalue weighted by Crippen LogP contribution is 2.19. The molecule has 1 aliphatic heterocycles. The van der Waals surface area contributed by atoms with Gasteiger partial charge in [-0.3, -0.25) is 0 Å². The Kier molecular flexibility index (Phi) is 2.46. The summed E-state index contributed by atoms with van der Waals surface area (Å²) in [4.78, 5) is 6.71. The summed E-state index contributed by atoms with van der Waals surface area (Å²) in [7, 11) is 0. The van der Waals surface area contributed by atoms with Crippen LogP contribution in [0, 0.1) is 6.92 Å². The summed E-state index contributed by atoms with van der Waals surface area (Å²) < 4.78 is 4.19. The number of nitrogens with zero attached hydrogens (tertiary/aromatic N) is 3. The van der Waals surface area contributed by atoms with Gasteiger partial charge in [0.1, 0.15) is 5.82 Å². The number of nitrogens with one attached hydrogen (secondary N) is 1. The maximum absolute atomic E-state index is 4.39. The molecule has 0 amide bonds. The van der Waals surface area contributed by atoms with E-state index in [0.29, 0.717) is 6.04 Å². The first kappa shape index (κ1) is 8.90. The fraction of sp³-hybridized carbons (Fsp3) is 0.750.